The lowest BCUT2D eigenvalue weighted by atomic mass is 10.2. The summed E-state index contributed by atoms with van der Waals surface area (Å²) < 4.78 is 5.18. The summed E-state index contributed by atoms with van der Waals surface area (Å²) in [6, 6.07) is 6.35. The second-order valence-electron chi connectivity index (χ2n) is 4.35. The molecule has 1 saturated heterocycles. The average Bonchev–Trinajstić information content (AvgIpc) is 2.48. The van der Waals surface area contributed by atoms with Crippen molar-refractivity contribution >= 4 is 29.1 Å². The van der Waals surface area contributed by atoms with Gasteiger partial charge in [-0.25, -0.2) is 0 Å². The van der Waals surface area contributed by atoms with Crippen molar-refractivity contribution in [2.75, 3.05) is 31.6 Å². The van der Waals surface area contributed by atoms with Gasteiger partial charge in [-0.15, -0.1) is 0 Å². The zero-order valence-corrected chi connectivity index (χ0v) is 11.6. The van der Waals surface area contributed by atoms with Crippen LogP contribution in [-0.4, -0.2) is 44.2 Å². The van der Waals surface area contributed by atoms with Gasteiger partial charge >= 0.3 is 0 Å². The number of nitrogens with one attached hydrogen (secondary N) is 3. The molecule has 1 aliphatic rings. The van der Waals surface area contributed by atoms with Gasteiger partial charge in [-0.05, 0) is 24.3 Å². The predicted octanol–water partition coefficient (Wildman–Crippen LogP) is 0.383. The van der Waals surface area contributed by atoms with E-state index in [1.54, 1.807) is 24.3 Å². The molecule has 1 atom stereocenters. The van der Waals surface area contributed by atoms with Crippen molar-refractivity contribution < 1.29 is 14.3 Å². The van der Waals surface area contributed by atoms with Crippen molar-refractivity contribution in [2.45, 2.75) is 6.04 Å². The van der Waals surface area contributed by atoms with Gasteiger partial charge in [-0.3, -0.25) is 9.59 Å². The Bertz CT molecular complexity index is 472. The Morgan fingerprint density at radius 3 is 2.75 bits per heavy atom. The van der Waals surface area contributed by atoms with Crippen LogP contribution in [0.25, 0.3) is 0 Å². The number of halogens is 1. The van der Waals surface area contributed by atoms with Crippen molar-refractivity contribution in [1.82, 2.24) is 10.6 Å². The van der Waals surface area contributed by atoms with E-state index in [2.05, 4.69) is 16.0 Å². The molecule has 3 N–H and O–H groups in total. The molecule has 1 aromatic carbocycles. The summed E-state index contributed by atoms with van der Waals surface area (Å²) in [5.74, 6) is -0.534. The van der Waals surface area contributed by atoms with Gasteiger partial charge in [0.05, 0.1) is 19.8 Å². The molecule has 1 aliphatic heterocycles. The molecule has 0 aromatic heterocycles. The molecule has 1 heterocycles. The van der Waals surface area contributed by atoms with Crippen LogP contribution in [0.5, 0.6) is 0 Å². The van der Waals surface area contributed by atoms with E-state index in [1.807, 2.05) is 0 Å². The molecule has 2 rings (SSSR count). The number of ether oxygens (including phenoxy) is 1. The summed E-state index contributed by atoms with van der Waals surface area (Å²) in [4.78, 5) is 23.4. The summed E-state index contributed by atoms with van der Waals surface area (Å²) in [7, 11) is 0. The molecule has 6 nitrogen and oxygen atoms in total. The maximum Gasteiger partial charge on any atom is 0.243 e. The van der Waals surface area contributed by atoms with E-state index in [1.165, 1.54) is 0 Å². The van der Waals surface area contributed by atoms with Crippen LogP contribution in [0.4, 0.5) is 5.69 Å². The number of carbonyl (C=O) groups is 2. The van der Waals surface area contributed by atoms with Crippen LogP contribution in [0.15, 0.2) is 24.3 Å². The second kappa shape index (κ2) is 7.23. The maximum atomic E-state index is 11.7. The minimum atomic E-state index is -0.396. The van der Waals surface area contributed by atoms with Crippen LogP contribution in [0.1, 0.15) is 0 Å². The summed E-state index contributed by atoms with van der Waals surface area (Å²) in [5.41, 5.74) is 0.632. The van der Waals surface area contributed by atoms with Gasteiger partial charge in [0.2, 0.25) is 11.8 Å². The number of amides is 2. The molecule has 2 amide bonds. The molecule has 7 heteroatoms. The highest BCUT2D eigenvalue weighted by atomic mass is 35.5. The van der Waals surface area contributed by atoms with Crippen LogP contribution in [0.3, 0.4) is 0 Å². The predicted molar refractivity (Wildman–Crippen MR) is 75.7 cm³/mol. The van der Waals surface area contributed by atoms with Gasteiger partial charge in [0.15, 0.2) is 0 Å². The number of rotatable bonds is 4. The zero-order chi connectivity index (χ0) is 14.4. The Kier molecular flexibility index (Phi) is 5.34. The molecule has 0 saturated carbocycles. The zero-order valence-electron chi connectivity index (χ0n) is 10.8. The molecule has 0 aliphatic carbocycles. The second-order valence-corrected chi connectivity index (χ2v) is 4.79. The van der Waals surface area contributed by atoms with Crippen LogP contribution in [-0.2, 0) is 14.3 Å². The molecule has 1 unspecified atom stereocenters. The van der Waals surface area contributed by atoms with Crippen LogP contribution in [0, 0.1) is 0 Å². The lowest BCUT2D eigenvalue weighted by Crippen LogP contribution is -2.52. The first-order valence-corrected chi connectivity index (χ1v) is 6.67. The van der Waals surface area contributed by atoms with E-state index in [-0.39, 0.29) is 18.4 Å². The normalized spacial score (nSPS) is 18.4. The van der Waals surface area contributed by atoms with Crippen molar-refractivity contribution in [1.29, 1.82) is 0 Å². The third kappa shape index (κ3) is 4.48. The van der Waals surface area contributed by atoms with Crippen LogP contribution >= 0.6 is 11.6 Å². The van der Waals surface area contributed by atoms with Crippen molar-refractivity contribution in [3.63, 3.8) is 0 Å². The molecular weight excluding hydrogens is 282 g/mol. The number of hydrogen-bond acceptors (Lipinski definition) is 4. The fraction of sp³-hybridized carbons (Fsp3) is 0.385. The molecular formula is C13H16ClN3O3. The van der Waals surface area contributed by atoms with Gasteiger partial charge in [-0.2, -0.15) is 0 Å². The molecule has 0 radical (unpaired) electrons. The van der Waals surface area contributed by atoms with E-state index in [9.17, 15) is 9.59 Å². The maximum absolute atomic E-state index is 11.7. The Hall–Kier alpha value is -1.63. The van der Waals surface area contributed by atoms with E-state index in [0.29, 0.717) is 30.5 Å². The smallest absolute Gasteiger partial charge is 0.243 e. The summed E-state index contributed by atoms with van der Waals surface area (Å²) >= 11 is 5.75. The number of hydrogen-bond donors (Lipinski definition) is 3. The van der Waals surface area contributed by atoms with Crippen molar-refractivity contribution in [2.24, 2.45) is 0 Å². The SMILES string of the molecule is O=C(CNC(=O)C1COCCN1)Nc1ccc(Cl)cc1. The van der Waals surface area contributed by atoms with E-state index in [4.69, 9.17) is 16.3 Å². The first-order valence-electron chi connectivity index (χ1n) is 6.29. The first-order chi connectivity index (χ1) is 9.65. The van der Waals surface area contributed by atoms with E-state index in [0.717, 1.165) is 0 Å². The molecule has 0 spiro atoms. The van der Waals surface area contributed by atoms with Crippen LogP contribution < -0.4 is 16.0 Å². The van der Waals surface area contributed by atoms with Crippen molar-refractivity contribution in [3.05, 3.63) is 29.3 Å². The summed E-state index contributed by atoms with van der Waals surface area (Å²) in [5, 5.41) is 8.84. The van der Waals surface area contributed by atoms with E-state index >= 15 is 0 Å². The number of anilines is 1. The topological polar surface area (TPSA) is 79.5 Å². The van der Waals surface area contributed by atoms with E-state index < -0.39 is 6.04 Å². The highest BCUT2D eigenvalue weighted by Crippen LogP contribution is 2.12. The van der Waals surface area contributed by atoms with Gasteiger partial charge in [0, 0.05) is 17.3 Å². The minimum absolute atomic E-state index is 0.0837. The highest BCUT2D eigenvalue weighted by Gasteiger charge is 2.21. The highest BCUT2D eigenvalue weighted by molar-refractivity contribution is 6.30. The van der Waals surface area contributed by atoms with Crippen molar-refractivity contribution in [3.8, 4) is 0 Å². The first kappa shape index (κ1) is 14.8. The molecule has 1 aromatic rings. The average molecular weight is 298 g/mol. The largest absolute Gasteiger partial charge is 0.378 e. The van der Waals surface area contributed by atoms with Gasteiger partial charge in [0.1, 0.15) is 6.04 Å². The molecule has 1 fully saturated rings. The van der Waals surface area contributed by atoms with Gasteiger partial charge < -0.3 is 20.7 Å². The molecule has 108 valence electrons. The molecule has 0 bridgehead atoms. The third-order valence-corrected chi connectivity index (χ3v) is 3.04. The lowest BCUT2D eigenvalue weighted by Gasteiger charge is -2.22. The number of carbonyl (C=O) groups excluding carboxylic acids is 2. The van der Waals surface area contributed by atoms with Gasteiger partial charge in [0.25, 0.3) is 0 Å². The third-order valence-electron chi connectivity index (χ3n) is 2.79. The lowest BCUT2D eigenvalue weighted by molar-refractivity contribution is -0.128. The van der Waals surface area contributed by atoms with Gasteiger partial charge in [-0.1, -0.05) is 11.6 Å². The fourth-order valence-electron chi connectivity index (χ4n) is 1.76. The Balaban J connectivity index is 1.74. The Morgan fingerprint density at radius 1 is 1.35 bits per heavy atom. The summed E-state index contributed by atoms with van der Waals surface area (Å²) in [6.45, 7) is 1.47. The quantitative estimate of drug-likeness (QED) is 0.751. The van der Waals surface area contributed by atoms with Crippen LogP contribution in [0.2, 0.25) is 5.02 Å². The fourth-order valence-corrected chi connectivity index (χ4v) is 1.89. The monoisotopic (exact) mass is 297 g/mol. The number of morpholine rings is 1. The Morgan fingerprint density at radius 2 is 2.10 bits per heavy atom. The minimum Gasteiger partial charge on any atom is -0.378 e. The standard InChI is InChI=1S/C13H16ClN3O3/c14-9-1-3-10(4-2-9)17-12(18)7-16-13(19)11-8-20-6-5-15-11/h1-4,11,15H,5-8H2,(H,16,19)(H,17,18). The number of benzene rings is 1. The summed E-state index contributed by atoms with van der Waals surface area (Å²) in [6.07, 6.45) is 0. The molecule has 20 heavy (non-hydrogen) atoms. The Labute approximate surface area is 121 Å².